The van der Waals surface area contributed by atoms with Gasteiger partial charge in [-0.25, -0.2) is 4.79 Å². The Bertz CT molecular complexity index is 1070. The number of benzene rings is 1. The van der Waals surface area contributed by atoms with Gasteiger partial charge in [0.05, 0.1) is 0 Å². The molecule has 6 nitrogen and oxygen atoms in total. The number of rotatable bonds is 3. The topological polar surface area (TPSA) is 85.8 Å². The Morgan fingerprint density at radius 1 is 1.16 bits per heavy atom. The zero-order chi connectivity index (χ0) is 21.6. The number of amides is 1. The predicted octanol–water partition coefficient (Wildman–Crippen LogP) is 3.48. The Kier molecular flexibility index (Phi) is 5.29. The lowest BCUT2D eigenvalue weighted by atomic mass is 9.74. The number of nitrogens with two attached hydrogens (primary N) is 1. The maximum absolute atomic E-state index is 12.8. The van der Waals surface area contributed by atoms with Crippen LogP contribution in [0.4, 0.5) is 0 Å². The summed E-state index contributed by atoms with van der Waals surface area (Å²) in [7, 11) is 0. The number of carbonyl (C=O) groups is 1. The molecule has 2 aromatic rings. The minimum atomic E-state index is -0.231. The van der Waals surface area contributed by atoms with Gasteiger partial charge in [0.1, 0.15) is 11.3 Å². The van der Waals surface area contributed by atoms with E-state index in [1.54, 1.807) is 0 Å². The first-order chi connectivity index (χ1) is 15.0. The van der Waals surface area contributed by atoms with Crippen molar-refractivity contribution in [3.05, 3.63) is 39.2 Å². The van der Waals surface area contributed by atoms with E-state index in [-0.39, 0.29) is 29.6 Å². The second-order valence-corrected chi connectivity index (χ2v) is 9.65. The summed E-state index contributed by atoms with van der Waals surface area (Å²) in [6.45, 7) is 3.41. The van der Waals surface area contributed by atoms with E-state index in [0.717, 1.165) is 80.1 Å². The summed E-state index contributed by atoms with van der Waals surface area (Å²) < 4.78 is 11.6. The highest BCUT2D eigenvalue weighted by Crippen LogP contribution is 2.45. The molecule has 0 radical (unpaired) electrons. The number of carbonyl (C=O) groups excluding carboxylic acids is 1. The standard InChI is InChI=1S/C25H32N2O4/c1-16-20(9-8-18-17-5-2-3-6-19(17)24(29)31-23(16)18)30-15-22(28)27-13-11-25(12-14-27)10-4-7-21(25)26/h8-9,21H,2-7,10-15,26H2,1H3. The highest BCUT2D eigenvalue weighted by Gasteiger charge is 2.43. The molecule has 31 heavy (non-hydrogen) atoms. The second-order valence-electron chi connectivity index (χ2n) is 9.65. The monoisotopic (exact) mass is 424 g/mol. The number of piperidine rings is 1. The van der Waals surface area contributed by atoms with Gasteiger partial charge in [-0.2, -0.15) is 0 Å². The molecule has 1 saturated carbocycles. The average molecular weight is 425 g/mol. The summed E-state index contributed by atoms with van der Waals surface area (Å²) in [4.78, 5) is 27.1. The molecule has 0 bridgehead atoms. The van der Waals surface area contributed by atoms with Crippen LogP contribution in [0.3, 0.4) is 0 Å². The van der Waals surface area contributed by atoms with Gasteiger partial charge in [0.15, 0.2) is 6.61 Å². The summed E-state index contributed by atoms with van der Waals surface area (Å²) in [6, 6.07) is 4.16. The number of aryl methyl sites for hydroxylation is 2. The number of nitrogens with zero attached hydrogens (tertiary/aromatic N) is 1. The quantitative estimate of drug-likeness (QED) is 0.763. The van der Waals surface area contributed by atoms with Gasteiger partial charge in [-0.3, -0.25) is 4.79 Å². The number of ether oxygens (including phenoxy) is 1. The minimum Gasteiger partial charge on any atom is -0.483 e. The number of hydrogen-bond acceptors (Lipinski definition) is 5. The van der Waals surface area contributed by atoms with Crippen molar-refractivity contribution in [3.63, 3.8) is 0 Å². The third-order valence-corrected chi connectivity index (χ3v) is 8.03. The van der Waals surface area contributed by atoms with E-state index in [9.17, 15) is 9.59 Å². The summed E-state index contributed by atoms with van der Waals surface area (Å²) in [5.74, 6) is 0.610. The first kappa shape index (κ1) is 20.6. The van der Waals surface area contributed by atoms with E-state index in [4.69, 9.17) is 14.9 Å². The lowest BCUT2D eigenvalue weighted by Gasteiger charge is -2.42. The highest BCUT2D eigenvalue weighted by molar-refractivity contribution is 5.86. The highest BCUT2D eigenvalue weighted by atomic mass is 16.5. The van der Waals surface area contributed by atoms with Crippen LogP contribution in [0.15, 0.2) is 21.3 Å². The summed E-state index contributed by atoms with van der Waals surface area (Å²) >= 11 is 0. The van der Waals surface area contributed by atoms with Gasteiger partial charge < -0.3 is 19.8 Å². The molecule has 2 aliphatic carbocycles. The minimum absolute atomic E-state index is 0.000569. The van der Waals surface area contributed by atoms with E-state index in [2.05, 4.69) is 0 Å². The number of likely N-dealkylation sites (tertiary alicyclic amines) is 1. The van der Waals surface area contributed by atoms with Crippen molar-refractivity contribution in [2.75, 3.05) is 19.7 Å². The van der Waals surface area contributed by atoms with Crippen LogP contribution in [-0.2, 0) is 17.6 Å². The van der Waals surface area contributed by atoms with Gasteiger partial charge in [-0.15, -0.1) is 0 Å². The molecule has 1 aromatic carbocycles. The first-order valence-corrected chi connectivity index (χ1v) is 11.7. The van der Waals surface area contributed by atoms with Crippen molar-refractivity contribution in [3.8, 4) is 5.75 Å². The fraction of sp³-hybridized carbons (Fsp3) is 0.600. The molecule has 2 heterocycles. The molecule has 1 saturated heterocycles. The largest absolute Gasteiger partial charge is 0.483 e. The van der Waals surface area contributed by atoms with Crippen molar-refractivity contribution in [2.24, 2.45) is 11.1 Å². The molecule has 2 N–H and O–H groups in total. The molecule has 1 aliphatic heterocycles. The zero-order valence-corrected chi connectivity index (χ0v) is 18.4. The molecule has 1 amide bonds. The van der Waals surface area contributed by atoms with Crippen molar-refractivity contribution >= 4 is 16.9 Å². The molecular weight excluding hydrogens is 392 g/mol. The zero-order valence-electron chi connectivity index (χ0n) is 18.4. The van der Waals surface area contributed by atoms with Gasteiger partial charge in [-0.05, 0) is 81.4 Å². The van der Waals surface area contributed by atoms with Crippen LogP contribution in [0.2, 0.25) is 0 Å². The van der Waals surface area contributed by atoms with Gasteiger partial charge in [-0.1, -0.05) is 6.42 Å². The molecule has 1 unspecified atom stereocenters. The Balaban J connectivity index is 1.28. The Morgan fingerprint density at radius 2 is 1.90 bits per heavy atom. The lowest BCUT2D eigenvalue weighted by Crippen LogP contribution is -2.49. The van der Waals surface area contributed by atoms with Crippen molar-refractivity contribution in [2.45, 2.75) is 70.8 Å². The Hall–Kier alpha value is -2.34. The third-order valence-electron chi connectivity index (χ3n) is 8.03. The third kappa shape index (κ3) is 3.55. The molecule has 6 heteroatoms. The smallest absolute Gasteiger partial charge is 0.339 e. The van der Waals surface area contributed by atoms with Crippen LogP contribution in [0.5, 0.6) is 5.75 Å². The number of hydrogen-bond donors (Lipinski definition) is 1. The van der Waals surface area contributed by atoms with Crippen LogP contribution >= 0.6 is 0 Å². The summed E-state index contributed by atoms with van der Waals surface area (Å²) in [6.07, 6.45) is 9.33. The first-order valence-electron chi connectivity index (χ1n) is 11.7. The lowest BCUT2D eigenvalue weighted by molar-refractivity contribution is -0.135. The fourth-order valence-electron chi connectivity index (χ4n) is 6.00. The van der Waals surface area contributed by atoms with E-state index < -0.39 is 0 Å². The van der Waals surface area contributed by atoms with Crippen molar-refractivity contribution in [1.29, 1.82) is 0 Å². The van der Waals surface area contributed by atoms with E-state index in [1.165, 1.54) is 12.8 Å². The van der Waals surface area contributed by atoms with Gasteiger partial charge in [0, 0.05) is 35.6 Å². The number of fused-ring (bicyclic) bond motifs is 3. The van der Waals surface area contributed by atoms with Crippen molar-refractivity contribution < 1.29 is 13.9 Å². The van der Waals surface area contributed by atoms with E-state index in [0.29, 0.717) is 11.3 Å². The average Bonchev–Trinajstić information content (AvgIpc) is 3.13. The Morgan fingerprint density at radius 3 is 2.61 bits per heavy atom. The second kappa shape index (κ2) is 7.97. The van der Waals surface area contributed by atoms with Gasteiger partial charge >= 0.3 is 5.63 Å². The molecule has 2 fully saturated rings. The van der Waals surface area contributed by atoms with Gasteiger partial charge in [0.2, 0.25) is 0 Å². The van der Waals surface area contributed by atoms with Crippen LogP contribution in [0.25, 0.3) is 11.0 Å². The fourth-order valence-corrected chi connectivity index (χ4v) is 6.00. The van der Waals surface area contributed by atoms with Crippen LogP contribution < -0.4 is 16.1 Å². The van der Waals surface area contributed by atoms with Crippen LogP contribution in [0, 0.1) is 12.3 Å². The maximum atomic E-state index is 12.8. The van der Waals surface area contributed by atoms with Crippen LogP contribution in [0.1, 0.15) is 61.6 Å². The summed E-state index contributed by atoms with van der Waals surface area (Å²) in [5, 5.41) is 1.000. The van der Waals surface area contributed by atoms with Gasteiger partial charge in [0.25, 0.3) is 5.91 Å². The molecule has 5 rings (SSSR count). The SMILES string of the molecule is Cc1c(OCC(=O)N2CCC3(CCCC3N)CC2)ccc2c3c(c(=O)oc12)CCCC3. The van der Waals surface area contributed by atoms with E-state index >= 15 is 0 Å². The van der Waals surface area contributed by atoms with Crippen molar-refractivity contribution in [1.82, 2.24) is 4.90 Å². The van der Waals surface area contributed by atoms with Crippen LogP contribution in [-0.4, -0.2) is 36.5 Å². The maximum Gasteiger partial charge on any atom is 0.339 e. The molecular formula is C25H32N2O4. The molecule has 1 spiro atoms. The molecule has 1 aromatic heterocycles. The Labute approximate surface area is 182 Å². The summed E-state index contributed by atoms with van der Waals surface area (Å²) in [5.41, 5.74) is 9.68. The molecule has 166 valence electrons. The predicted molar refractivity (Wildman–Crippen MR) is 119 cm³/mol. The normalized spacial score (nSPS) is 22.6. The molecule has 3 aliphatic rings. The van der Waals surface area contributed by atoms with E-state index in [1.807, 2.05) is 24.0 Å². The molecule has 1 atom stereocenters.